The molecule has 0 saturated heterocycles. The summed E-state index contributed by atoms with van der Waals surface area (Å²) >= 11 is 0. The number of nitrogens with zero attached hydrogens (tertiary/aromatic N) is 3. The van der Waals surface area contributed by atoms with E-state index in [-0.39, 0.29) is 23.4 Å². The van der Waals surface area contributed by atoms with Crippen LogP contribution in [0.5, 0.6) is 11.8 Å². The zero-order valence-corrected chi connectivity index (χ0v) is 15.2. The van der Waals surface area contributed by atoms with Gasteiger partial charge in [0.2, 0.25) is 17.7 Å². The van der Waals surface area contributed by atoms with Gasteiger partial charge >= 0.3 is 22.2 Å². The molecule has 0 fully saturated rings. The van der Waals surface area contributed by atoms with Crippen molar-refractivity contribution in [3.8, 4) is 11.8 Å². The fraction of sp³-hybridized carbons (Fsp3) is 0.231. The Morgan fingerprint density at radius 1 is 1.11 bits per heavy atom. The van der Waals surface area contributed by atoms with Crippen molar-refractivity contribution in [3.05, 3.63) is 30.1 Å². The Hall–Kier alpha value is -3.55. The van der Waals surface area contributed by atoms with E-state index in [2.05, 4.69) is 20.0 Å². The molecule has 2 heterocycles. The molecule has 0 saturated carbocycles. The highest BCUT2D eigenvalue weighted by Gasteiger charge is 2.19. The van der Waals surface area contributed by atoms with Crippen LogP contribution in [-0.2, 0) is 14.9 Å². The summed E-state index contributed by atoms with van der Waals surface area (Å²) in [5, 5.41) is 2.12. The third kappa shape index (κ3) is 5.21. The van der Waals surface area contributed by atoms with Crippen molar-refractivity contribution in [2.45, 2.75) is 0 Å². The first kappa shape index (κ1) is 19.8. The van der Waals surface area contributed by atoms with Crippen molar-refractivity contribution in [3.63, 3.8) is 0 Å². The normalized spacial score (nSPS) is 10.6. The van der Waals surface area contributed by atoms with Crippen LogP contribution in [-0.4, -0.2) is 56.4 Å². The van der Waals surface area contributed by atoms with Crippen molar-refractivity contribution in [2.24, 2.45) is 0 Å². The average Bonchev–Trinajstić information content (AvgIpc) is 3.07. The Balaban J connectivity index is 2.09. The first-order valence-electron chi connectivity index (χ1n) is 7.12. The predicted octanol–water partition coefficient (Wildman–Crippen LogP) is -0.308. The number of esters is 1. The molecule has 27 heavy (non-hydrogen) atoms. The molecule has 3 N–H and O–H groups in total. The van der Waals surface area contributed by atoms with Crippen LogP contribution < -0.4 is 24.3 Å². The fourth-order valence-corrected chi connectivity index (χ4v) is 2.56. The highest BCUT2D eigenvalue weighted by atomic mass is 32.2. The second kappa shape index (κ2) is 8.22. The molecule has 2 amide bonds. The summed E-state index contributed by atoms with van der Waals surface area (Å²) in [5.41, 5.74) is -0.0934. The summed E-state index contributed by atoms with van der Waals surface area (Å²) in [6, 6.07) is 2.93. The van der Waals surface area contributed by atoms with Crippen LogP contribution in [0.1, 0.15) is 10.5 Å². The maximum absolute atomic E-state index is 12.1. The van der Waals surface area contributed by atoms with Crippen LogP contribution in [0.2, 0.25) is 0 Å². The second-order valence-corrected chi connectivity index (χ2v) is 6.08. The minimum atomic E-state index is -4.39. The van der Waals surface area contributed by atoms with Crippen molar-refractivity contribution < 1.29 is 32.2 Å². The van der Waals surface area contributed by atoms with Gasteiger partial charge in [-0.05, 0) is 12.1 Å². The molecule has 0 radical (unpaired) electrons. The van der Waals surface area contributed by atoms with Crippen LogP contribution >= 0.6 is 0 Å². The maximum Gasteiger partial charge on any atom is 0.356 e. The predicted molar refractivity (Wildman–Crippen MR) is 91.3 cm³/mol. The molecule has 0 aliphatic rings. The van der Waals surface area contributed by atoms with Gasteiger partial charge in [0.1, 0.15) is 5.69 Å². The van der Waals surface area contributed by atoms with Crippen LogP contribution in [0, 0.1) is 0 Å². The van der Waals surface area contributed by atoms with E-state index >= 15 is 0 Å². The molecule has 0 spiro atoms. The maximum atomic E-state index is 12.1. The number of aromatic nitrogens is 3. The number of carbonyl (C=O) groups excluding carboxylic acids is 2. The molecular formula is C13H16N6O7S. The number of hydrogen-bond acceptors (Lipinski definition) is 9. The first-order valence-corrected chi connectivity index (χ1v) is 8.60. The zero-order valence-electron chi connectivity index (χ0n) is 14.4. The number of methoxy groups -OCH3 is 3. The van der Waals surface area contributed by atoms with E-state index < -0.39 is 22.2 Å². The van der Waals surface area contributed by atoms with Gasteiger partial charge in [-0.25, -0.2) is 23.8 Å². The van der Waals surface area contributed by atoms with Crippen LogP contribution in [0.15, 0.2) is 24.4 Å². The molecule has 0 aliphatic carbocycles. The van der Waals surface area contributed by atoms with Gasteiger partial charge in [-0.2, -0.15) is 18.4 Å². The van der Waals surface area contributed by atoms with E-state index in [1.54, 1.807) is 4.72 Å². The standard InChI is InChI=1S/C13H16N6O7S/c1-24-9-7-10(25-2)15-12(14-9)16-13(21)17-27(22,23)18-19-6-4-5-8(19)11(20)26-3/h4-7,18H,1-3H3,(H2,14,15,16,17,21). The van der Waals surface area contributed by atoms with Crippen molar-refractivity contribution >= 4 is 28.2 Å². The highest BCUT2D eigenvalue weighted by molar-refractivity contribution is 7.90. The minimum Gasteiger partial charge on any atom is -0.481 e. The quantitative estimate of drug-likeness (QED) is 0.529. The van der Waals surface area contributed by atoms with Gasteiger partial charge in [-0.3, -0.25) is 5.32 Å². The van der Waals surface area contributed by atoms with Gasteiger partial charge in [0.05, 0.1) is 27.4 Å². The summed E-state index contributed by atoms with van der Waals surface area (Å²) in [4.78, 5) is 33.1. The molecule has 0 unspecified atom stereocenters. The lowest BCUT2D eigenvalue weighted by Gasteiger charge is -2.13. The Bertz CT molecular complexity index is 920. The molecule has 2 aromatic heterocycles. The van der Waals surface area contributed by atoms with Gasteiger partial charge in [-0.1, -0.05) is 0 Å². The number of nitrogens with one attached hydrogen (secondary N) is 3. The summed E-state index contributed by atoms with van der Waals surface area (Å²) in [6.45, 7) is 0. The van der Waals surface area contributed by atoms with E-state index in [4.69, 9.17) is 9.47 Å². The molecule has 146 valence electrons. The minimum absolute atomic E-state index is 0.0909. The average molecular weight is 400 g/mol. The van der Waals surface area contributed by atoms with Gasteiger partial charge in [0, 0.05) is 6.20 Å². The van der Waals surface area contributed by atoms with Gasteiger partial charge in [0.15, 0.2) is 0 Å². The van der Waals surface area contributed by atoms with Crippen molar-refractivity contribution in [1.29, 1.82) is 0 Å². The zero-order chi connectivity index (χ0) is 20.0. The van der Waals surface area contributed by atoms with Crippen molar-refractivity contribution in [1.82, 2.24) is 19.4 Å². The lowest BCUT2D eigenvalue weighted by Crippen LogP contribution is -2.42. The van der Waals surface area contributed by atoms with Crippen molar-refractivity contribution in [2.75, 3.05) is 31.5 Å². The van der Waals surface area contributed by atoms with E-state index in [1.165, 1.54) is 38.6 Å². The molecular weight excluding hydrogens is 384 g/mol. The first-order chi connectivity index (χ1) is 12.8. The van der Waals surface area contributed by atoms with Crippen LogP contribution in [0.25, 0.3) is 0 Å². The van der Waals surface area contributed by atoms with E-state index in [0.717, 1.165) is 11.8 Å². The third-order valence-corrected chi connectivity index (χ3v) is 3.80. The number of rotatable bonds is 7. The number of ether oxygens (including phenoxy) is 3. The Morgan fingerprint density at radius 2 is 1.74 bits per heavy atom. The van der Waals surface area contributed by atoms with Gasteiger partial charge < -0.3 is 14.2 Å². The smallest absolute Gasteiger partial charge is 0.356 e. The molecule has 0 bridgehead atoms. The number of hydrogen-bond donors (Lipinski definition) is 3. The van der Waals surface area contributed by atoms with Gasteiger partial charge in [-0.15, -0.1) is 0 Å². The number of urea groups is 1. The number of amides is 2. The number of anilines is 1. The summed E-state index contributed by atoms with van der Waals surface area (Å²) in [5.74, 6) is -0.847. The Labute approximate surface area is 153 Å². The largest absolute Gasteiger partial charge is 0.481 e. The molecule has 2 aromatic rings. The lowest BCUT2D eigenvalue weighted by atomic mass is 10.4. The third-order valence-electron chi connectivity index (χ3n) is 2.91. The van der Waals surface area contributed by atoms with E-state index in [0.29, 0.717) is 0 Å². The summed E-state index contributed by atoms with van der Waals surface area (Å²) in [6.07, 6.45) is 1.25. The summed E-state index contributed by atoms with van der Waals surface area (Å²) < 4.78 is 41.0. The Morgan fingerprint density at radius 3 is 2.30 bits per heavy atom. The fourth-order valence-electron chi connectivity index (χ4n) is 1.80. The van der Waals surface area contributed by atoms with Crippen LogP contribution in [0.3, 0.4) is 0 Å². The highest BCUT2D eigenvalue weighted by Crippen LogP contribution is 2.17. The van der Waals surface area contributed by atoms with E-state index in [9.17, 15) is 18.0 Å². The summed E-state index contributed by atoms with van der Waals surface area (Å²) in [7, 11) is -0.567. The van der Waals surface area contributed by atoms with Gasteiger partial charge in [0.25, 0.3) is 0 Å². The molecule has 14 heteroatoms. The van der Waals surface area contributed by atoms with Crippen LogP contribution in [0.4, 0.5) is 10.7 Å². The number of carbonyl (C=O) groups is 2. The lowest BCUT2D eigenvalue weighted by molar-refractivity contribution is 0.0591. The van der Waals surface area contributed by atoms with E-state index in [1.807, 2.05) is 4.83 Å². The molecule has 13 nitrogen and oxygen atoms in total. The molecule has 0 aliphatic heterocycles. The molecule has 2 rings (SSSR count). The molecule has 0 atom stereocenters. The molecule has 0 aromatic carbocycles. The monoisotopic (exact) mass is 400 g/mol. The second-order valence-electron chi connectivity index (χ2n) is 4.68. The topological polar surface area (TPSA) is 163 Å². The SMILES string of the molecule is COC(=O)c1cccn1NS(=O)(=O)NC(=O)Nc1nc(OC)cc(OC)n1. The Kier molecular flexibility index (Phi) is 6.02.